The van der Waals surface area contributed by atoms with Gasteiger partial charge in [-0.1, -0.05) is 18.5 Å². The molecule has 1 aromatic rings. The number of nitrogens with zero attached hydrogens (tertiary/aromatic N) is 1. The van der Waals surface area contributed by atoms with E-state index in [1.807, 2.05) is 13.8 Å². The van der Waals surface area contributed by atoms with E-state index in [0.29, 0.717) is 5.15 Å². The minimum atomic E-state index is 0.500. The molecule has 0 aliphatic rings. The lowest BCUT2D eigenvalue weighted by Gasteiger charge is -2.05. The smallest absolute Gasteiger partial charge is 0.133 e. The Hall–Kier alpha value is -0.760. The maximum atomic E-state index is 5.77. The van der Waals surface area contributed by atoms with Gasteiger partial charge < -0.3 is 5.73 Å². The average Bonchev–Trinajstić information content (AvgIpc) is 2.01. The summed E-state index contributed by atoms with van der Waals surface area (Å²) in [6.45, 7) is 3.92. The number of pyridine rings is 1. The second-order valence-corrected chi connectivity index (χ2v) is 2.82. The molecule has 1 aromatic heterocycles. The molecule has 0 atom stereocenters. The van der Waals surface area contributed by atoms with Crippen LogP contribution in [0.25, 0.3) is 0 Å². The lowest BCUT2D eigenvalue weighted by atomic mass is 10.1. The number of hydrogen-bond donors (Lipinski definition) is 1. The number of nitrogen functional groups attached to an aromatic ring is 1. The summed E-state index contributed by atoms with van der Waals surface area (Å²) in [5.41, 5.74) is 8.48. The molecule has 1 rings (SSSR count). The Morgan fingerprint density at radius 2 is 2.27 bits per heavy atom. The van der Waals surface area contributed by atoms with Crippen molar-refractivity contribution in [2.24, 2.45) is 0 Å². The summed E-state index contributed by atoms with van der Waals surface area (Å²) in [6.07, 6.45) is 2.63. The molecular weight excluding hydrogens is 160 g/mol. The SMILES string of the molecule is CCc1cnc(Cl)c(C)c1N. The van der Waals surface area contributed by atoms with Crippen molar-refractivity contribution in [3.05, 3.63) is 22.5 Å². The highest BCUT2D eigenvalue weighted by Crippen LogP contribution is 2.22. The molecule has 0 amide bonds. The summed E-state index contributed by atoms with van der Waals surface area (Å²) in [7, 11) is 0. The minimum Gasteiger partial charge on any atom is -0.398 e. The van der Waals surface area contributed by atoms with Crippen LogP contribution >= 0.6 is 11.6 Å². The van der Waals surface area contributed by atoms with E-state index < -0.39 is 0 Å². The number of nitrogens with two attached hydrogens (primary N) is 1. The van der Waals surface area contributed by atoms with Gasteiger partial charge in [0.15, 0.2) is 0 Å². The molecule has 0 spiro atoms. The lowest BCUT2D eigenvalue weighted by Crippen LogP contribution is -1.98. The van der Waals surface area contributed by atoms with Crippen molar-refractivity contribution in [2.45, 2.75) is 20.3 Å². The van der Waals surface area contributed by atoms with Gasteiger partial charge in [0.25, 0.3) is 0 Å². The Kier molecular flexibility index (Phi) is 2.35. The third-order valence-electron chi connectivity index (χ3n) is 1.77. The third kappa shape index (κ3) is 1.46. The van der Waals surface area contributed by atoms with Crippen molar-refractivity contribution in [1.29, 1.82) is 0 Å². The van der Waals surface area contributed by atoms with Crippen molar-refractivity contribution in [2.75, 3.05) is 5.73 Å². The van der Waals surface area contributed by atoms with Gasteiger partial charge in [0.05, 0.1) is 0 Å². The Balaban J connectivity index is 3.25. The van der Waals surface area contributed by atoms with Crippen LogP contribution in [0.2, 0.25) is 5.15 Å². The van der Waals surface area contributed by atoms with E-state index in [4.69, 9.17) is 17.3 Å². The quantitative estimate of drug-likeness (QED) is 0.657. The van der Waals surface area contributed by atoms with Gasteiger partial charge in [0.2, 0.25) is 0 Å². The first kappa shape index (κ1) is 8.34. The maximum Gasteiger partial charge on any atom is 0.133 e. The molecule has 3 heteroatoms. The molecule has 0 unspecified atom stereocenters. The fourth-order valence-corrected chi connectivity index (χ4v) is 1.09. The summed E-state index contributed by atoms with van der Waals surface area (Å²) in [5.74, 6) is 0. The van der Waals surface area contributed by atoms with Crippen LogP contribution in [0.15, 0.2) is 6.20 Å². The van der Waals surface area contributed by atoms with Crippen LogP contribution in [0.4, 0.5) is 5.69 Å². The Labute approximate surface area is 71.4 Å². The molecule has 0 radical (unpaired) electrons. The highest BCUT2D eigenvalue weighted by Gasteiger charge is 2.04. The molecule has 60 valence electrons. The van der Waals surface area contributed by atoms with Gasteiger partial charge in [-0.3, -0.25) is 0 Å². The molecule has 0 saturated carbocycles. The van der Waals surface area contributed by atoms with Crippen molar-refractivity contribution in [3.63, 3.8) is 0 Å². The van der Waals surface area contributed by atoms with E-state index in [1.165, 1.54) is 0 Å². The summed E-state index contributed by atoms with van der Waals surface area (Å²) in [6, 6.07) is 0. The molecule has 0 saturated heterocycles. The molecule has 0 aliphatic heterocycles. The van der Waals surface area contributed by atoms with Crippen LogP contribution in [-0.2, 0) is 6.42 Å². The van der Waals surface area contributed by atoms with Gasteiger partial charge in [-0.05, 0) is 18.9 Å². The van der Waals surface area contributed by atoms with Gasteiger partial charge >= 0.3 is 0 Å². The fraction of sp³-hybridized carbons (Fsp3) is 0.375. The highest BCUT2D eigenvalue weighted by molar-refractivity contribution is 6.30. The van der Waals surface area contributed by atoms with Gasteiger partial charge in [-0.25, -0.2) is 4.98 Å². The standard InChI is InChI=1S/C8H11ClN2/c1-3-6-4-11-8(9)5(2)7(6)10/h4H,3H2,1-2H3,(H2,10,11). The fourth-order valence-electron chi connectivity index (χ4n) is 0.935. The monoisotopic (exact) mass is 170 g/mol. The molecular formula is C8H11ClN2. The predicted octanol–water partition coefficient (Wildman–Crippen LogP) is 2.19. The van der Waals surface area contributed by atoms with Gasteiger partial charge in [-0.2, -0.15) is 0 Å². The van der Waals surface area contributed by atoms with Crippen LogP contribution in [0, 0.1) is 6.92 Å². The zero-order chi connectivity index (χ0) is 8.43. The Bertz CT molecular complexity index is 271. The number of aryl methyl sites for hydroxylation is 1. The van der Waals surface area contributed by atoms with E-state index in [9.17, 15) is 0 Å². The minimum absolute atomic E-state index is 0.500. The first-order valence-corrected chi connectivity index (χ1v) is 3.94. The highest BCUT2D eigenvalue weighted by atomic mass is 35.5. The largest absolute Gasteiger partial charge is 0.398 e. The molecule has 11 heavy (non-hydrogen) atoms. The predicted molar refractivity (Wildman–Crippen MR) is 47.8 cm³/mol. The summed E-state index contributed by atoms with van der Waals surface area (Å²) < 4.78 is 0. The third-order valence-corrected chi connectivity index (χ3v) is 2.16. The molecule has 2 nitrogen and oxygen atoms in total. The van der Waals surface area contributed by atoms with Crippen molar-refractivity contribution < 1.29 is 0 Å². The van der Waals surface area contributed by atoms with Crippen LogP contribution in [0.3, 0.4) is 0 Å². The topological polar surface area (TPSA) is 38.9 Å². The zero-order valence-corrected chi connectivity index (χ0v) is 7.44. The maximum absolute atomic E-state index is 5.77. The van der Waals surface area contributed by atoms with Gasteiger partial charge in [0, 0.05) is 17.4 Å². The van der Waals surface area contributed by atoms with E-state index >= 15 is 0 Å². The average molecular weight is 171 g/mol. The number of anilines is 1. The second kappa shape index (κ2) is 3.09. The van der Waals surface area contributed by atoms with E-state index in [2.05, 4.69) is 4.98 Å². The first-order valence-electron chi connectivity index (χ1n) is 3.56. The van der Waals surface area contributed by atoms with Crippen LogP contribution < -0.4 is 5.73 Å². The van der Waals surface area contributed by atoms with Crippen LogP contribution in [0.5, 0.6) is 0 Å². The van der Waals surface area contributed by atoms with Gasteiger partial charge in [-0.15, -0.1) is 0 Å². The normalized spacial score (nSPS) is 10.1. The molecule has 0 bridgehead atoms. The summed E-state index contributed by atoms with van der Waals surface area (Å²) >= 11 is 5.75. The van der Waals surface area contributed by atoms with Crippen molar-refractivity contribution >= 4 is 17.3 Å². The van der Waals surface area contributed by atoms with Gasteiger partial charge in [0.1, 0.15) is 5.15 Å². The van der Waals surface area contributed by atoms with E-state index in [-0.39, 0.29) is 0 Å². The Morgan fingerprint density at radius 3 is 2.82 bits per heavy atom. The molecule has 2 N–H and O–H groups in total. The second-order valence-electron chi connectivity index (χ2n) is 2.47. The number of aromatic nitrogens is 1. The van der Waals surface area contributed by atoms with Crippen molar-refractivity contribution in [1.82, 2.24) is 4.98 Å². The molecule has 0 aromatic carbocycles. The van der Waals surface area contributed by atoms with Crippen LogP contribution in [0.1, 0.15) is 18.1 Å². The number of rotatable bonds is 1. The number of halogens is 1. The van der Waals surface area contributed by atoms with Crippen molar-refractivity contribution in [3.8, 4) is 0 Å². The number of hydrogen-bond acceptors (Lipinski definition) is 2. The summed E-state index contributed by atoms with van der Waals surface area (Å²) in [5, 5.41) is 0.500. The van der Waals surface area contributed by atoms with E-state index in [0.717, 1.165) is 23.2 Å². The molecule has 0 fully saturated rings. The van der Waals surface area contributed by atoms with E-state index in [1.54, 1.807) is 6.20 Å². The summed E-state index contributed by atoms with van der Waals surface area (Å²) in [4.78, 5) is 4.00. The first-order chi connectivity index (χ1) is 5.16. The lowest BCUT2D eigenvalue weighted by molar-refractivity contribution is 1.09. The Morgan fingerprint density at radius 1 is 1.64 bits per heavy atom. The molecule has 0 aliphatic carbocycles. The van der Waals surface area contributed by atoms with Crippen LogP contribution in [-0.4, -0.2) is 4.98 Å². The molecule has 1 heterocycles. The zero-order valence-electron chi connectivity index (χ0n) is 6.69.